The third kappa shape index (κ3) is 5.88. The van der Waals surface area contributed by atoms with Gasteiger partial charge in [0.1, 0.15) is 11.8 Å². The molecule has 5 nitrogen and oxygen atoms in total. The Bertz CT molecular complexity index is 1070. The van der Waals surface area contributed by atoms with Gasteiger partial charge in [-0.2, -0.15) is 0 Å². The van der Waals surface area contributed by atoms with Gasteiger partial charge in [-0.3, -0.25) is 9.59 Å². The van der Waals surface area contributed by atoms with Crippen LogP contribution in [0.1, 0.15) is 38.3 Å². The van der Waals surface area contributed by atoms with Crippen molar-refractivity contribution in [1.82, 2.24) is 10.2 Å². The predicted molar refractivity (Wildman–Crippen MR) is 129 cm³/mol. The lowest BCUT2D eigenvalue weighted by Gasteiger charge is -2.29. The lowest BCUT2D eigenvalue weighted by Crippen LogP contribution is -2.50. The number of hydrogen-bond donors (Lipinski definition) is 1. The third-order valence-electron chi connectivity index (χ3n) is 5.70. The minimum Gasteiger partial charge on any atom is -0.483 e. The molecular weight excluding hydrogens is 400 g/mol. The van der Waals surface area contributed by atoms with Crippen molar-refractivity contribution in [3.63, 3.8) is 0 Å². The molecule has 5 heteroatoms. The summed E-state index contributed by atoms with van der Waals surface area (Å²) in [5.41, 5.74) is 2.09. The van der Waals surface area contributed by atoms with Crippen LogP contribution in [0.5, 0.6) is 5.75 Å². The molecule has 2 amide bonds. The predicted octanol–water partition coefficient (Wildman–Crippen LogP) is 4.86. The third-order valence-corrected chi connectivity index (χ3v) is 5.70. The number of carbonyl (C=O) groups is 2. The molecule has 32 heavy (non-hydrogen) atoms. The van der Waals surface area contributed by atoms with Gasteiger partial charge >= 0.3 is 0 Å². The lowest BCUT2D eigenvalue weighted by atomic mass is 10.1. The molecule has 3 aromatic rings. The minimum absolute atomic E-state index is 0.0489. The molecule has 1 N–H and O–H groups in total. The van der Waals surface area contributed by atoms with Gasteiger partial charge in [0.15, 0.2) is 6.61 Å². The van der Waals surface area contributed by atoms with E-state index in [4.69, 9.17) is 4.74 Å². The highest BCUT2D eigenvalue weighted by Crippen LogP contribution is 2.25. The van der Waals surface area contributed by atoms with Crippen LogP contribution in [0.3, 0.4) is 0 Å². The van der Waals surface area contributed by atoms with Gasteiger partial charge in [0.25, 0.3) is 5.91 Å². The topological polar surface area (TPSA) is 58.6 Å². The number of rotatable bonds is 9. The molecule has 3 aromatic carbocycles. The summed E-state index contributed by atoms with van der Waals surface area (Å²) >= 11 is 0. The second kappa shape index (κ2) is 10.8. The molecule has 0 unspecified atom stereocenters. The van der Waals surface area contributed by atoms with Crippen molar-refractivity contribution in [2.24, 2.45) is 0 Å². The number of aryl methyl sites for hydroxylation is 1. The average Bonchev–Trinajstić information content (AvgIpc) is 2.80. The van der Waals surface area contributed by atoms with E-state index in [1.807, 2.05) is 87.5 Å². The van der Waals surface area contributed by atoms with E-state index in [1.165, 1.54) is 0 Å². The second-order valence-corrected chi connectivity index (χ2v) is 8.27. The first kappa shape index (κ1) is 23.3. The molecule has 0 bridgehead atoms. The van der Waals surface area contributed by atoms with Crippen molar-refractivity contribution < 1.29 is 14.3 Å². The summed E-state index contributed by atoms with van der Waals surface area (Å²) in [6.07, 6.45) is 0.828. The quantitative estimate of drug-likeness (QED) is 0.525. The fourth-order valence-electron chi connectivity index (χ4n) is 3.60. The molecule has 0 aliphatic heterocycles. The minimum atomic E-state index is -0.617. The fourth-order valence-corrected chi connectivity index (χ4v) is 3.60. The number of ether oxygens (including phenoxy) is 1. The van der Waals surface area contributed by atoms with Crippen LogP contribution in [-0.2, 0) is 16.1 Å². The van der Waals surface area contributed by atoms with E-state index in [0.29, 0.717) is 12.3 Å². The number of benzene rings is 3. The average molecular weight is 433 g/mol. The van der Waals surface area contributed by atoms with Crippen molar-refractivity contribution in [1.29, 1.82) is 0 Å². The molecule has 0 aliphatic rings. The van der Waals surface area contributed by atoms with Crippen LogP contribution in [-0.4, -0.2) is 35.4 Å². The smallest absolute Gasteiger partial charge is 0.261 e. The summed E-state index contributed by atoms with van der Waals surface area (Å²) in [7, 11) is 0. The highest BCUT2D eigenvalue weighted by atomic mass is 16.5. The Morgan fingerprint density at radius 1 is 1.00 bits per heavy atom. The maximum atomic E-state index is 13.3. The van der Waals surface area contributed by atoms with Crippen LogP contribution < -0.4 is 10.1 Å². The Hall–Kier alpha value is -3.34. The van der Waals surface area contributed by atoms with Crippen LogP contribution in [0.4, 0.5) is 0 Å². The normalized spacial score (nSPS) is 12.8. The number of nitrogens with zero attached hydrogens (tertiary/aromatic N) is 1. The largest absolute Gasteiger partial charge is 0.483 e. The Labute approximate surface area is 190 Å². The Morgan fingerprint density at radius 3 is 2.47 bits per heavy atom. The number of fused-ring (bicyclic) bond motifs is 1. The molecule has 0 saturated heterocycles. The van der Waals surface area contributed by atoms with E-state index in [-0.39, 0.29) is 24.5 Å². The number of carbonyl (C=O) groups excluding carboxylic acids is 2. The molecular formula is C27H32N2O3. The van der Waals surface area contributed by atoms with Crippen LogP contribution in [0, 0.1) is 6.92 Å². The number of nitrogens with one attached hydrogen (secondary N) is 1. The second-order valence-electron chi connectivity index (χ2n) is 8.27. The van der Waals surface area contributed by atoms with Crippen molar-refractivity contribution in [3.05, 3.63) is 77.9 Å². The van der Waals surface area contributed by atoms with Crippen LogP contribution in [0.2, 0.25) is 0 Å². The standard InChI is InChI=1S/C27H32N2O3/c1-5-20(3)28-27(31)21(4)29(17-22-11-8-10-19(2)16-22)26(30)18-32-25-15-9-13-23-12-6-7-14-24(23)25/h6-16,20-21H,5,17-18H2,1-4H3,(H,28,31)/t20-,21-/m0/s1. The summed E-state index contributed by atoms with van der Waals surface area (Å²) < 4.78 is 5.93. The van der Waals surface area contributed by atoms with Crippen LogP contribution in [0.25, 0.3) is 10.8 Å². The van der Waals surface area contributed by atoms with E-state index < -0.39 is 6.04 Å². The van der Waals surface area contributed by atoms with E-state index in [2.05, 4.69) is 5.32 Å². The molecule has 0 spiro atoms. The molecule has 0 heterocycles. The summed E-state index contributed by atoms with van der Waals surface area (Å²) in [6.45, 7) is 7.96. The van der Waals surface area contributed by atoms with Gasteiger partial charge in [0.2, 0.25) is 5.91 Å². The van der Waals surface area contributed by atoms with Gasteiger partial charge in [-0.05, 0) is 44.2 Å². The molecule has 3 rings (SSSR count). The Balaban J connectivity index is 1.79. The molecule has 168 valence electrons. The van der Waals surface area contributed by atoms with Crippen LogP contribution >= 0.6 is 0 Å². The zero-order valence-corrected chi connectivity index (χ0v) is 19.3. The molecule has 0 aromatic heterocycles. The van der Waals surface area contributed by atoms with Crippen molar-refractivity contribution in [3.8, 4) is 5.75 Å². The van der Waals surface area contributed by atoms with E-state index in [9.17, 15) is 9.59 Å². The monoisotopic (exact) mass is 432 g/mol. The van der Waals surface area contributed by atoms with Gasteiger partial charge in [0.05, 0.1) is 0 Å². The molecule has 0 aliphatic carbocycles. The zero-order valence-electron chi connectivity index (χ0n) is 19.3. The summed E-state index contributed by atoms with van der Waals surface area (Å²) in [4.78, 5) is 27.7. The van der Waals surface area contributed by atoms with Gasteiger partial charge in [-0.1, -0.05) is 73.2 Å². The lowest BCUT2D eigenvalue weighted by molar-refractivity contribution is -0.142. The van der Waals surface area contributed by atoms with Crippen molar-refractivity contribution >= 4 is 22.6 Å². The van der Waals surface area contributed by atoms with Gasteiger partial charge in [0, 0.05) is 18.0 Å². The number of amides is 2. The fraction of sp³-hybridized carbons (Fsp3) is 0.333. The Kier molecular flexibility index (Phi) is 7.87. The summed E-state index contributed by atoms with van der Waals surface area (Å²) in [5.74, 6) is 0.264. The molecule has 2 atom stereocenters. The zero-order chi connectivity index (χ0) is 23.1. The highest BCUT2D eigenvalue weighted by molar-refractivity contribution is 5.90. The van der Waals surface area contributed by atoms with E-state index in [1.54, 1.807) is 11.8 Å². The highest BCUT2D eigenvalue weighted by Gasteiger charge is 2.27. The van der Waals surface area contributed by atoms with E-state index in [0.717, 1.165) is 28.3 Å². The van der Waals surface area contributed by atoms with Crippen LogP contribution in [0.15, 0.2) is 66.7 Å². The molecule has 0 fully saturated rings. The first-order valence-electron chi connectivity index (χ1n) is 11.1. The van der Waals surface area contributed by atoms with Crippen molar-refractivity contribution in [2.45, 2.75) is 52.7 Å². The Morgan fingerprint density at radius 2 is 1.72 bits per heavy atom. The maximum absolute atomic E-state index is 13.3. The summed E-state index contributed by atoms with van der Waals surface area (Å²) in [6, 6.07) is 21.1. The maximum Gasteiger partial charge on any atom is 0.261 e. The van der Waals surface area contributed by atoms with Gasteiger partial charge in [-0.25, -0.2) is 0 Å². The summed E-state index contributed by atoms with van der Waals surface area (Å²) in [5, 5.41) is 4.99. The molecule has 0 saturated carbocycles. The van der Waals surface area contributed by atoms with Crippen molar-refractivity contribution in [2.75, 3.05) is 6.61 Å². The first-order chi connectivity index (χ1) is 15.4. The van der Waals surface area contributed by atoms with Gasteiger partial charge < -0.3 is 15.0 Å². The molecule has 0 radical (unpaired) electrons. The SMILES string of the molecule is CC[C@H](C)NC(=O)[C@H](C)N(Cc1cccc(C)c1)C(=O)COc1cccc2ccccc12. The van der Waals surface area contributed by atoms with E-state index >= 15 is 0 Å². The van der Waals surface area contributed by atoms with Gasteiger partial charge in [-0.15, -0.1) is 0 Å². The first-order valence-corrected chi connectivity index (χ1v) is 11.1. The number of hydrogen-bond acceptors (Lipinski definition) is 3.